The third kappa shape index (κ3) is 2.82. The zero-order valence-corrected chi connectivity index (χ0v) is 16.2. The zero-order valence-electron chi connectivity index (χ0n) is 16.2. The fourth-order valence-electron chi connectivity index (χ4n) is 4.70. The molecule has 1 aliphatic carbocycles. The molecule has 3 aliphatic rings. The van der Waals surface area contributed by atoms with Crippen LogP contribution in [0.3, 0.4) is 0 Å². The molecule has 0 spiro atoms. The van der Waals surface area contributed by atoms with Crippen molar-refractivity contribution in [2.45, 2.75) is 45.2 Å². The van der Waals surface area contributed by atoms with Crippen LogP contribution >= 0.6 is 0 Å². The molecule has 0 unspecified atom stereocenters. The summed E-state index contributed by atoms with van der Waals surface area (Å²) >= 11 is 0. The van der Waals surface area contributed by atoms with Gasteiger partial charge in [-0.15, -0.1) is 0 Å². The molecule has 6 heteroatoms. The van der Waals surface area contributed by atoms with Gasteiger partial charge >= 0.3 is 0 Å². The number of anilines is 2. The molecule has 0 radical (unpaired) electrons. The van der Waals surface area contributed by atoms with E-state index in [1.165, 1.54) is 22.5 Å². The predicted molar refractivity (Wildman–Crippen MR) is 109 cm³/mol. The van der Waals surface area contributed by atoms with Crippen LogP contribution in [0.15, 0.2) is 24.7 Å². The summed E-state index contributed by atoms with van der Waals surface area (Å²) in [6.07, 6.45) is 11.7. The van der Waals surface area contributed by atoms with Crippen molar-refractivity contribution >= 4 is 17.6 Å². The van der Waals surface area contributed by atoms with Crippen LogP contribution in [-0.4, -0.2) is 34.1 Å². The Bertz CT molecular complexity index is 967. The summed E-state index contributed by atoms with van der Waals surface area (Å²) in [4.78, 5) is 18.7. The van der Waals surface area contributed by atoms with Gasteiger partial charge in [-0.2, -0.15) is 5.26 Å². The maximum atomic E-state index is 9.20. The first kappa shape index (κ1) is 17.2. The van der Waals surface area contributed by atoms with E-state index in [0.717, 1.165) is 56.8 Å². The normalized spacial score (nSPS) is 21.4. The van der Waals surface area contributed by atoms with Gasteiger partial charge in [0.1, 0.15) is 12.1 Å². The Morgan fingerprint density at radius 3 is 2.82 bits per heavy atom. The molecule has 4 heterocycles. The Balaban J connectivity index is 1.49. The van der Waals surface area contributed by atoms with E-state index in [2.05, 4.69) is 56.0 Å². The lowest BCUT2D eigenvalue weighted by molar-refractivity contribution is 0.481. The zero-order chi connectivity index (χ0) is 19.1. The molecule has 2 aliphatic heterocycles. The van der Waals surface area contributed by atoms with E-state index in [1.807, 2.05) is 6.20 Å². The average molecular weight is 372 g/mol. The van der Waals surface area contributed by atoms with Gasteiger partial charge in [0.05, 0.1) is 17.5 Å². The minimum atomic E-state index is 0.177. The number of allylic oxidation sites excluding steroid dienone is 1. The number of nitrogens with zero attached hydrogens (tertiary/aromatic N) is 6. The van der Waals surface area contributed by atoms with Crippen LogP contribution in [0.4, 0.5) is 11.5 Å². The van der Waals surface area contributed by atoms with E-state index in [4.69, 9.17) is 0 Å². The number of nitriles is 1. The first-order chi connectivity index (χ1) is 13.7. The Morgan fingerprint density at radius 2 is 2.00 bits per heavy atom. The molecule has 28 heavy (non-hydrogen) atoms. The van der Waals surface area contributed by atoms with E-state index in [9.17, 15) is 5.26 Å². The summed E-state index contributed by atoms with van der Waals surface area (Å²) < 4.78 is 0. The highest BCUT2D eigenvalue weighted by molar-refractivity contribution is 5.73. The molecule has 0 amide bonds. The Kier molecular flexibility index (Phi) is 4.23. The van der Waals surface area contributed by atoms with Crippen molar-refractivity contribution in [2.75, 3.05) is 22.9 Å². The second-order valence-corrected chi connectivity index (χ2v) is 7.99. The SMILES string of the molecule is C[C@@H]1Cc2ncnc(N3CCC(C#N)CC3)c2CN1c1ccnc2c1C=CC2. The standard InChI is InChI=1S/C22H24N6/c1-15-11-20-18(13-28(15)21-5-8-24-19-4-2-3-17(19)21)22(26-14-25-20)27-9-6-16(12-23)7-10-27/h2-3,5,8,14-16H,4,6-7,9-11,13H2,1H3/t15-/m1/s1. The van der Waals surface area contributed by atoms with Crippen LogP contribution in [0.2, 0.25) is 0 Å². The van der Waals surface area contributed by atoms with Gasteiger partial charge in [0.25, 0.3) is 0 Å². The van der Waals surface area contributed by atoms with E-state index >= 15 is 0 Å². The van der Waals surface area contributed by atoms with Crippen LogP contribution in [0.5, 0.6) is 0 Å². The van der Waals surface area contributed by atoms with Crippen molar-refractivity contribution in [3.05, 3.63) is 47.2 Å². The minimum absolute atomic E-state index is 0.177. The molecule has 0 N–H and O–H groups in total. The molecule has 2 aromatic rings. The number of aromatic nitrogens is 3. The van der Waals surface area contributed by atoms with Crippen molar-refractivity contribution in [3.8, 4) is 6.07 Å². The van der Waals surface area contributed by atoms with Gasteiger partial charge in [-0.3, -0.25) is 4.98 Å². The highest BCUT2D eigenvalue weighted by Crippen LogP contribution is 2.36. The van der Waals surface area contributed by atoms with Gasteiger partial charge in [-0.05, 0) is 25.8 Å². The van der Waals surface area contributed by atoms with Gasteiger partial charge in [0.15, 0.2) is 0 Å². The molecule has 0 bridgehead atoms. The lowest BCUT2D eigenvalue weighted by Gasteiger charge is -2.39. The number of pyridine rings is 1. The molecule has 0 saturated carbocycles. The molecular formula is C22H24N6. The van der Waals surface area contributed by atoms with Crippen molar-refractivity contribution in [1.82, 2.24) is 15.0 Å². The molecule has 1 fully saturated rings. The number of rotatable bonds is 2. The van der Waals surface area contributed by atoms with Crippen LogP contribution in [0.25, 0.3) is 6.08 Å². The van der Waals surface area contributed by atoms with Crippen LogP contribution in [0, 0.1) is 17.2 Å². The van der Waals surface area contributed by atoms with Gasteiger partial charge in [0.2, 0.25) is 0 Å². The summed E-state index contributed by atoms with van der Waals surface area (Å²) in [7, 11) is 0. The fraction of sp³-hybridized carbons (Fsp3) is 0.455. The summed E-state index contributed by atoms with van der Waals surface area (Å²) in [5.74, 6) is 1.23. The second-order valence-electron chi connectivity index (χ2n) is 7.99. The third-order valence-electron chi connectivity index (χ3n) is 6.29. The van der Waals surface area contributed by atoms with E-state index in [1.54, 1.807) is 6.33 Å². The van der Waals surface area contributed by atoms with Crippen molar-refractivity contribution in [1.29, 1.82) is 5.26 Å². The average Bonchev–Trinajstić information content (AvgIpc) is 3.22. The third-order valence-corrected chi connectivity index (χ3v) is 6.29. The molecule has 0 aromatic carbocycles. The molecule has 6 nitrogen and oxygen atoms in total. The summed E-state index contributed by atoms with van der Waals surface area (Å²) in [6.45, 7) is 4.87. The number of hydrogen-bond donors (Lipinski definition) is 0. The maximum absolute atomic E-state index is 9.20. The molecular weight excluding hydrogens is 348 g/mol. The van der Waals surface area contributed by atoms with E-state index in [0.29, 0.717) is 6.04 Å². The lowest BCUT2D eigenvalue weighted by Crippen LogP contribution is -2.42. The van der Waals surface area contributed by atoms with E-state index < -0.39 is 0 Å². The van der Waals surface area contributed by atoms with Gasteiger partial charge in [-0.1, -0.05) is 12.2 Å². The first-order valence-corrected chi connectivity index (χ1v) is 10.1. The summed E-state index contributed by atoms with van der Waals surface area (Å²) in [5.41, 5.74) is 6.08. The number of hydrogen-bond acceptors (Lipinski definition) is 6. The van der Waals surface area contributed by atoms with Gasteiger partial charge in [-0.25, -0.2) is 9.97 Å². The first-order valence-electron chi connectivity index (χ1n) is 10.1. The van der Waals surface area contributed by atoms with Crippen LogP contribution in [0.1, 0.15) is 42.3 Å². The van der Waals surface area contributed by atoms with Crippen molar-refractivity contribution < 1.29 is 0 Å². The summed E-state index contributed by atoms with van der Waals surface area (Å²) in [6, 6.07) is 4.93. The van der Waals surface area contributed by atoms with Gasteiger partial charge < -0.3 is 9.80 Å². The molecule has 5 rings (SSSR count). The minimum Gasteiger partial charge on any atom is -0.363 e. The molecule has 142 valence electrons. The maximum Gasteiger partial charge on any atom is 0.137 e. The van der Waals surface area contributed by atoms with Crippen LogP contribution in [-0.2, 0) is 19.4 Å². The molecule has 2 aromatic heterocycles. The summed E-state index contributed by atoms with van der Waals surface area (Å²) in [5, 5.41) is 9.20. The number of fused-ring (bicyclic) bond motifs is 2. The monoisotopic (exact) mass is 372 g/mol. The topological polar surface area (TPSA) is 68.9 Å². The molecule has 1 atom stereocenters. The highest BCUT2D eigenvalue weighted by atomic mass is 15.2. The van der Waals surface area contributed by atoms with Crippen LogP contribution < -0.4 is 9.80 Å². The fourth-order valence-corrected chi connectivity index (χ4v) is 4.70. The highest BCUT2D eigenvalue weighted by Gasteiger charge is 2.31. The smallest absolute Gasteiger partial charge is 0.137 e. The quantitative estimate of drug-likeness (QED) is 0.807. The Hall–Kier alpha value is -2.94. The van der Waals surface area contributed by atoms with Crippen molar-refractivity contribution in [2.24, 2.45) is 5.92 Å². The second kappa shape index (κ2) is 6.90. The van der Waals surface area contributed by atoms with Crippen molar-refractivity contribution in [3.63, 3.8) is 0 Å². The lowest BCUT2D eigenvalue weighted by atomic mass is 9.95. The molecule has 1 saturated heterocycles. The Morgan fingerprint density at radius 1 is 1.14 bits per heavy atom. The van der Waals surface area contributed by atoms with E-state index in [-0.39, 0.29) is 5.92 Å². The number of piperidine rings is 1. The predicted octanol–water partition coefficient (Wildman–Crippen LogP) is 3.13. The van der Waals surface area contributed by atoms with Gasteiger partial charge in [0, 0.05) is 67.4 Å². The largest absolute Gasteiger partial charge is 0.363 e. The Labute approximate surface area is 165 Å².